The van der Waals surface area contributed by atoms with E-state index >= 15 is 4.39 Å². The highest BCUT2D eigenvalue weighted by molar-refractivity contribution is 5.93. The molecule has 3 heterocycles. The molecule has 0 bridgehead atoms. The molecule has 1 aliphatic rings. The fourth-order valence-electron chi connectivity index (χ4n) is 5.33. The van der Waals surface area contributed by atoms with E-state index in [1.807, 2.05) is 6.07 Å². The van der Waals surface area contributed by atoms with Gasteiger partial charge >= 0.3 is 5.97 Å². The molecule has 1 unspecified atom stereocenters. The molecule has 0 spiro atoms. The highest BCUT2D eigenvalue weighted by Crippen LogP contribution is 2.28. The molecule has 1 atom stereocenters. The number of hydrogen-bond donors (Lipinski definition) is 0. The van der Waals surface area contributed by atoms with E-state index < -0.39 is 17.6 Å². The third-order valence-corrected chi connectivity index (χ3v) is 8.06. The molecule has 1 saturated heterocycles. The fourth-order valence-corrected chi connectivity index (χ4v) is 5.33. The number of hydrogen-bond acceptors (Lipinski definition) is 7. The number of rotatable bonds is 9. The Kier molecular flexibility index (Phi) is 8.05. The van der Waals surface area contributed by atoms with Crippen LogP contribution in [-0.4, -0.2) is 52.1 Å². The number of likely N-dealkylation sites (tertiary alicyclic amines) is 1. The molecule has 6 rings (SSSR count). The number of fused-ring (bicyclic) bond motifs is 1. The number of imidazole rings is 1. The first-order valence-corrected chi connectivity index (χ1v) is 14.2. The second kappa shape index (κ2) is 12.2. The van der Waals surface area contributed by atoms with Crippen LogP contribution in [0, 0.1) is 23.0 Å². The van der Waals surface area contributed by atoms with Crippen molar-refractivity contribution in [2.75, 3.05) is 20.7 Å². The minimum Gasteiger partial charge on any atom is -0.473 e. The molecule has 44 heavy (non-hydrogen) atoms. The molecule has 0 N–H and O–H groups in total. The molecule has 0 radical (unpaired) electrons. The van der Waals surface area contributed by atoms with Crippen LogP contribution in [0.4, 0.5) is 8.78 Å². The number of carbonyl (C=O) groups is 1. The monoisotopic (exact) mass is 593 g/mol. The SMILES string of the molecule is COC(=O)c1ccc2nc(Cc3ccc(-c4cccc(OCc5ccc(C#N)cc5F)n4)cc3F)n(CC3CCN3C)c2c1. The normalized spacial score (nSPS) is 14.7. The van der Waals surface area contributed by atoms with E-state index in [0.29, 0.717) is 46.4 Å². The standard InChI is InChI=1S/C34H29F2N5O3/c1-40-13-12-26(40)19-41-31-16-24(34(42)43-2)10-11-30(31)38-32(41)17-22-8-9-23(15-28(22)36)29-4-3-5-33(39-29)44-20-25-7-6-21(18-37)14-27(25)35/h3-11,14-16,26H,12-13,17,19-20H2,1-2H3. The first-order chi connectivity index (χ1) is 21.3. The van der Waals surface area contributed by atoms with Crippen LogP contribution in [0.15, 0.2) is 72.8 Å². The lowest BCUT2D eigenvalue weighted by Crippen LogP contribution is -2.47. The fraction of sp³-hybridized carbons (Fsp3) is 0.235. The summed E-state index contributed by atoms with van der Waals surface area (Å²) in [6.45, 7) is 1.62. The van der Waals surface area contributed by atoms with Gasteiger partial charge in [0.1, 0.15) is 24.1 Å². The van der Waals surface area contributed by atoms with Crippen molar-refractivity contribution in [2.45, 2.75) is 32.0 Å². The van der Waals surface area contributed by atoms with Gasteiger partial charge in [-0.3, -0.25) is 0 Å². The molecule has 1 aliphatic heterocycles. The van der Waals surface area contributed by atoms with Gasteiger partial charge in [-0.1, -0.05) is 24.3 Å². The van der Waals surface area contributed by atoms with E-state index in [1.54, 1.807) is 48.5 Å². The summed E-state index contributed by atoms with van der Waals surface area (Å²) < 4.78 is 42.5. The van der Waals surface area contributed by atoms with Gasteiger partial charge in [0.2, 0.25) is 5.88 Å². The van der Waals surface area contributed by atoms with Gasteiger partial charge in [0.15, 0.2) is 0 Å². The Morgan fingerprint density at radius 3 is 2.55 bits per heavy atom. The first-order valence-electron chi connectivity index (χ1n) is 14.2. The van der Waals surface area contributed by atoms with Crippen molar-refractivity contribution in [3.8, 4) is 23.2 Å². The van der Waals surface area contributed by atoms with Crippen molar-refractivity contribution < 1.29 is 23.0 Å². The third-order valence-electron chi connectivity index (χ3n) is 8.06. The molecule has 0 amide bonds. The molecule has 5 aromatic rings. The highest BCUT2D eigenvalue weighted by Gasteiger charge is 2.27. The Labute approximate surface area is 253 Å². The number of carbonyl (C=O) groups excluding carboxylic acids is 1. The maximum Gasteiger partial charge on any atom is 0.337 e. The van der Waals surface area contributed by atoms with E-state index in [1.165, 1.54) is 25.3 Å². The van der Waals surface area contributed by atoms with Gasteiger partial charge in [0.05, 0.1) is 41.0 Å². The second-order valence-electron chi connectivity index (χ2n) is 10.8. The zero-order valence-corrected chi connectivity index (χ0v) is 24.3. The number of aromatic nitrogens is 3. The van der Waals surface area contributed by atoms with Crippen molar-refractivity contribution in [1.29, 1.82) is 5.26 Å². The van der Waals surface area contributed by atoms with Crippen LogP contribution in [0.2, 0.25) is 0 Å². The van der Waals surface area contributed by atoms with Crippen LogP contribution in [-0.2, 0) is 24.3 Å². The van der Waals surface area contributed by atoms with Crippen molar-refractivity contribution in [1.82, 2.24) is 19.4 Å². The number of methoxy groups -OCH3 is 1. The van der Waals surface area contributed by atoms with Gasteiger partial charge in [-0.2, -0.15) is 5.26 Å². The topological polar surface area (TPSA) is 93.3 Å². The van der Waals surface area contributed by atoms with Gasteiger partial charge in [0, 0.05) is 36.2 Å². The molecule has 0 aliphatic carbocycles. The predicted octanol–water partition coefficient (Wildman–Crippen LogP) is 5.91. The van der Waals surface area contributed by atoms with E-state index in [2.05, 4.69) is 21.5 Å². The van der Waals surface area contributed by atoms with Crippen LogP contribution in [0.1, 0.15) is 39.3 Å². The number of pyridine rings is 1. The Bertz CT molecular complexity index is 1920. The maximum atomic E-state index is 15.6. The van der Waals surface area contributed by atoms with E-state index in [0.717, 1.165) is 30.1 Å². The summed E-state index contributed by atoms with van der Waals surface area (Å²) in [7, 11) is 3.42. The number of nitrogens with zero attached hydrogens (tertiary/aromatic N) is 5. The predicted molar refractivity (Wildman–Crippen MR) is 160 cm³/mol. The van der Waals surface area contributed by atoms with E-state index in [9.17, 15) is 9.18 Å². The zero-order valence-electron chi connectivity index (χ0n) is 24.3. The molecule has 0 saturated carbocycles. The average Bonchev–Trinajstić information content (AvgIpc) is 3.38. The lowest BCUT2D eigenvalue weighted by Gasteiger charge is -2.38. The van der Waals surface area contributed by atoms with Crippen LogP contribution in [0.3, 0.4) is 0 Å². The number of halogens is 2. The van der Waals surface area contributed by atoms with Crippen molar-refractivity contribution >= 4 is 17.0 Å². The van der Waals surface area contributed by atoms with Gasteiger partial charge in [-0.15, -0.1) is 0 Å². The Morgan fingerprint density at radius 1 is 1.02 bits per heavy atom. The number of benzene rings is 3. The third kappa shape index (κ3) is 5.87. The summed E-state index contributed by atoms with van der Waals surface area (Å²) in [6, 6.07) is 21.8. The number of likely N-dealkylation sites (N-methyl/N-ethyl adjacent to an activating group) is 1. The van der Waals surface area contributed by atoms with Crippen molar-refractivity contribution in [3.63, 3.8) is 0 Å². The smallest absolute Gasteiger partial charge is 0.337 e. The van der Waals surface area contributed by atoms with Crippen LogP contribution < -0.4 is 4.74 Å². The Balaban J connectivity index is 1.24. The molecule has 222 valence electrons. The second-order valence-corrected chi connectivity index (χ2v) is 10.8. The summed E-state index contributed by atoms with van der Waals surface area (Å²) >= 11 is 0. The molecule has 1 fully saturated rings. The molecule has 10 heteroatoms. The van der Waals surface area contributed by atoms with E-state index in [4.69, 9.17) is 19.7 Å². The minimum absolute atomic E-state index is 0.0694. The highest BCUT2D eigenvalue weighted by atomic mass is 19.1. The van der Waals surface area contributed by atoms with Crippen LogP contribution in [0.25, 0.3) is 22.3 Å². The van der Waals surface area contributed by atoms with Crippen LogP contribution >= 0.6 is 0 Å². The van der Waals surface area contributed by atoms with Gasteiger partial charge < -0.3 is 18.9 Å². The molecule has 2 aromatic heterocycles. The molecule has 3 aromatic carbocycles. The zero-order chi connectivity index (χ0) is 30.8. The summed E-state index contributed by atoms with van der Waals surface area (Å²) in [6.07, 6.45) is 1.31. The average molecular weight is 594 g/mol. The number of ether oxygens (including phenoxy) is 2. The molecule has 8 nitrogen and oxygen atoms in total. The summed E-state index contributed by atoms with van der Waals surface area (Å²) in [4.78, 5) is 23.8. The Morgan fingerprint density at radius 2 is 1.84 bits per heavy atom. The summed E-state index contributed by atoms with van der Waals surface area (Å²) in [5.74, 6) is -0.387. The first kappa shape index (κ1) is 29.0. The summed E-state index contributed by atoms with van der Waals surface area (Å²) in [5, 5.41) is 8.93. The van der Waals surface area contributed by atoms with Gasteiger partial charge in [-0.25, -0.2) is 23.5 Å². The van der Waals surface area contributed by atoms with Gasteiger partial charge in [-0.05, 0) is 68.0 Å². The van der Waals surface area contributed by atoms with Crippen LogP contribution in [0.5, 0.6) is 5.88 Å². The quantitative estimate of drug-likeness (QED) is 0.196. The molecular weight excluding hydrogens is 564 g/mol. The Hall–Kier alpha value is -5.14. The summed E-state index contributed by atoms with van der Waals surface area (Å²) in [5.41, 5.74) is 4.04. The lowest BCUT2D eigenvalue weighted by atomic mass is 10.0. The maximum absolute atomic E-state index is 15.6. The minimum atomic E-state index is -0.532. The van der Waals surface area contributed by atoms with E-state index in [-0.39, 0.29) is 24.5 Å². The van der Waals surface area contributed by atoms with Gasteiger partial charge in [0.25, 0.3) is 0 Å². The number of nitriles is 1. The van der Waals surface area contributed by atoms with Crippen molar-refractivity contribution in [2.24, 2.45) is 0 Å². The largest absolute Gasteiger partial charge is 0.473 e. The number of esters is 1. The van der Waals surface area contributed by atoms with Crippen molar-refractivity contribution in [3.05, 3.63) is 113 Å². The molecular formula is C34H29F2N5O3. The lowest BCUT2D eigenvalue weighted by molar-refractivity contribution is 0.0601.